The fraction of sp³-hybridized carbons (Fsp3) is 0.353. The Labute approximate surface area is 134 Å². The van der Waals surface area contributed by atoms with Crippen molar-refractivity contribution in [3.63, 3.8) is 0 Å². The summed E-state index contributed by atoms with van der Waals surface area (Å²) in [6.07, 6.45) is 0.510. The maximum atomic E-state index is 12.9. The van der Waals surface area contributed by atoms with Crippen molar-refractivity contribution in [1.29, 1.82) is 0 Å². The van der Waals surface area contributed by atoms with E-state index in [-0.39, 0.29) is 11.7 Å². The van der Waals surface area contributed by atoms with Gasteiger partial charge in [0.05, 0.1) is 6.42 Å². The number of nitrogens with zero attached hydrogens (tertiary/aromatic N) is 2. The molecule has 1 aromatic carbocycles. The van der Waals surface area contributed by atoms with Gasteiger partial charge in [-0.05, 0) is 29.1 Å². The average Bonchev–Trinajstić information content (AvgIpc) is 3.03. The molecule has 2 aromatic rings. The Kier molecular flexibility index (Phi) is 4.85. The van der Waals surface area contributed by atoms with Gasteiger partial charge in [0, 0.05) is 37.6 Å². The van der Waals surface area contributed by atoms with Gasteiger partial charge in [0.15, 0.2) is 0 Å². The molecule has 0 spiro atoms. The van der Waals surface area contributed by atoms with Crippen LogP contribution in [0.15, 0.2) is 41.8 Å². The van der Waals surface area contributed by atoms with Crippen molar-refractivity contribution in [2.24, 2.45) is 0 Å². The molecule has 0 saturated carbocycles. The number of benzene rings is 1. The zero-order chi connectivity index (χ0) is 15.4. The summed E-state index contributed by atoms with van der Waals surface area (Å²) in [6.45, 7) is 4.09. The molecule has 1 aliphatic heterocycles. The molecular weight excluding hydrogens is 299 g/mol. The van der Waals surface area contributed by atoms with Gasteiger partial charge in [0.2, 0.25) is 5.91 Å². The first kappa shape index (κ1) is 15.2. The Morgan fingerprint density at radius 2 is 1.82 bits per heavy atom. The molecule has 5 heteroatoms. The maximum Gasteiger partial charge on any atom is 0.227 e. The highest BCUT2D eigenvalue weighted by Gasteiger charge is 2.21. The number of rotatable bonds is 4. The van der Waals surface area contributed by atoms with Crippen molar-refractivity contribution in [1.82, 2.24) is 9.80 Å². The molecule has 1 amide bonds. The highest BCUT2D eigenvalue weighted by Crippen LogP contribution is 2.13. The van der Waals surface area contributed by atoms with E-state index in [0.717, 1.165) is 43.2 Å². The van der Waals surface area contributed by atoms with E-state index >= 15 is 0 Å². The third-order valence-electron chi connectivity index (χ3n) is 3.95. The van der Waals surface area contributed by atoms with Crippen LogP contribution in [-0.4, -0.2) is 41.9 Å². The number of amides is 1. The molecule has 0 unspecified atom stereocenters. The van der Waals surface area contributed by atoms with Gasteiger partial charge < -0.3 is 4.90 Å². The van der Waals surface area contributed by atoms with Gasteiger partial charge in [-0.2, -0.15) is 0 Å². The standard InChI is InChI=1S/C17H19FN2OS/c18-15-5-3-14(4-6-15)13-19-7-9-20(10-8-19)17(21)12-16-2-1-11-22-16/h1-6,11H,7-10,12-13H2. The van der Waals surface area contributed by atoms with Crippen LogP contribution in [0, 0.1) is 5.82 Å². The molecule has 0 N–H and O–H groups in total. The fourth-order valence-electron chi connectivity index (χ4n) is 2.68. The van der Waals surface area contributed by atoms with Crippen molar-refractivity contribution >= 4 is 17.2 Å². The molecule has 3 rings (SSSR count). The van der Waals surface area contributed by atoms with Gasteiger partial charge in [0.25, 0.3) is 0 Å². The van der Waals surface area contributed by atoms with Crippen LogP contribution >= 0.6 is 11.3 Å². The van der Waals surface area contributed by atoms with E-state index in [4.69, 9.17) is 0 Å². The highest BCUT2D eigenvalue weighted by molar-refractivity contribution is 7.10. The molecule has 0 atom stereocenters. The van der Waals surface area contributed by atoms with E-state index in [1.54, 1.807) is 11.3 Å². The molecule has 3 nitrogen and oxygen atoms in total. The van der Waals surface area contributed by atoms with Gasteiger partial charge >= 0.3 is 0 Å². The van der Waals surface area contributed by atoms with E-state index in [0.29, 0.717) is 6.42 Å². The Bertz CT molecular complexity index is 604. The molecule has 2 heterocycles. The molecule has 0 bridgehead atoms. The van der Waals surface area contributed by atoms with Crippen molar-refractivity contribution in [3.8, 4) is 0 Å². The summed E-state index contributed by atoms with van der Waals surface area (Å²) in [5.74, 6) is 0.0108. The zero-order valence-corrected chi connectivity index (χ0v) is 13.2. The van der Waals surface area contributed by atoms with E-state index in [9.17, 15) is 9.18 Å². The Morgan fingerprint density at radius 3 is 2.45 bits per heavy atom. The van der Waals surface area contributed by atoms with Gasteiger partial charge in [0.1, 0.15) is 5.82 Å². The summed E-state index contributed by atoms with van der Waals surface area (Å²) in [5, 5.41) is 2.00. The Hall–Kier alpha value is -1.72. The first-order valence-electron chi connectivity index (χ1n) is 7.48. The Morgan fingerprint density at radius 1 is 1.09 bits per heavy atom. The molecule has 0 radical (unpaired) electrons. The van der Waals surface area contributed by atoms with Crippen LogP contribution < -0.4 is 0 Å². The topological polar surface area (TPSA) is 23.6 Å². The van der Waals surface area contributed by atoms with Gasteiger partial charge in [-0.1, -0.05) is 18.2 Å². The van der Waals surface area contributed by atoms with Gasteiger partial charge in [-0.15, -0.1) is 11.3 Å². The van der Waals surface area contributed by atoms with Crippen molar-refractivity contribution in [2.45, 2.75) is 13.0 Å². The summed E-state index contributed by atoms with van der Waals surface area (Å²) in [5.41, 5.74) is 1.11. The molecule has 1 saturated heterocycles. The molecule has 116 valence electrons. The summed E-state index contributed by atoms with van der Waals surface area (Å²) in [4.78, 5) is 17.6. The molecule has 1 fully saturated rings. The second kappa shape index (κ2) is 7.03. The fourth-order valence-corrected chi connectivity index (χ4v) is 3.37. The van der Waals surface area contributed by atoms with Gasteiger partial charge in [-0.25, -0.2) is 4.39 Å². The molecule has 0 aliphatic carbocycles. The lowest BCUT2D eigenvalue weighted by Gasteiger charge is -2.34. The van der Waals surface area contributed by atoms with E-state index in [1.807, 2.05) is 34.5 Å². The minimum absolute atomic E-state index is 0.201. The SMILES string of the molecule is O=C(Cc1cccs1)N1CCN(Cc2ccc(F)cc2)CC1. The number of piperazine rings is 1. The predicted octanol–water partition coefficient (Wildman–Crippen LogP) is 2.77. The molecule has 1 aromatic heterocycles. The minimum atomic E-state index is -0.201. The summed E-state index contributed by atoms with van der Waals surface area (Å²) < 4.78 is 12.9. The monoisotopic (exact) mass is 318 g/mol. The largest absolute Gasteiger partial charge is 0.340 e. The van der Waals surface area contributed by atoms with Crippen molar-refractivity contribution < 1.29 is 9.18 Å². The van der Waals surface area contributed by atoms with Crippen molar-refractivity contribution in [2.75, 3.05) is 26.2 Å². The summed E-state index contributed by atoms with van der Waals surface area (Å²) in [7, 11) is 0. The molecule has 1 aliphatic rings. The van der Waals surface area contributed by atoms with Crippen LogP contribution in [0.3, 0.4) is 0 Å². The third-order valence-corrected chi connectivity index (χ3v) is 4.83. The van der Waals surface area contributed by atoms with Gasteiger partial charge in [-0.3, -0.25) is 9.69 Å². The average molecular weight is 318 g/mol. The second-order valence-corrected chi connectivity index (χ2v) is 6.57. The summed E-state index contributed by atoms with van der Waals surface area (Å²) in [6, 6.07) is 10.6. The number of carbonyl (C=O) groups is 1. The number of hydrogen-bond acceptors (Lipinski definition) is 3. The summed E-state index contributed by atoms with van der Waals surface area (Å²) >= 11 is 1.63. The lowest BCUT2D eigenvalue weighted by molar-refractivity contribution is -0.132. The number of carbonyl (C=O) groups excluding carboxylic acids is 1. The number of thiophene rings is 1. The Balaban J connectivity index is 1.47. The molecule has 22 heavy (non-hydrogen) atoms. The first-order valence-corrected chi connectivity index (χ1v) is 8.35. The molecular formula is C17H19FN2OS. The van der Waals surface area contributed by atoms with E-state index in [2.05, 4.69) is 4.90 Å². The third kappa shape index (κ3) is 3.93. The minimum Gasteiger partial charge on any atom is -0.340 e. The van der Waals surface area contributed by atoms with Crippen LogP contribution in [0.1, 0.15) is 10.4 Å². The zero-order valence-electron chi connectivity index (χ0n) is 12.4. The predicted molar refractivity (Wildman–Crippen MR) is 86.3 cm³/mol. The van der Waals surface area contributed by atoms with Crippen LogP contribution in [0.25, 0.3) is 0 Å². The lowest BCUT2D eigenvalue weighted by atomic mass is 10.2. The normalized spacial score (nSPS) is 16.0. The van der Waals surface area contributed by atoms with Crippen LogP contribution in [0.2, 0.25) is 0 Å². The first-order chi connectivity index (χ1) is 10.7. The second-order valence-electron chi connectivity index (χ2n) is 5.54. The van der Waals surface area contributed by atoms with Crippen LogP contribution in [0.4, 0.5) is 4.39 Å². The smallest absolute Gasteiger partial charge is 0.227 e. The lowest BCUT2D eigenvalue weighted by Crippen LogP contribution is -2.48. The maximum absolute atomic E-state index is 12.9. The highest BCUT2D eigenvalue weighted by atomic mass is 32.1. The van der Waals surface area contributed by atoms with Crippen molar-refractivity contribution in [3.05, 3.63) is 58.0 Å². The van der Waals surface area contributed by atoms with E-state index in [1.165, 1.54) is 12.1 Å². The quantitative estimate of drug-likeness (QED) is 0.865. The van der Waals surface area contributed by atoms with Crippen LogP contribution in [0.5, 0.6) is 0 Å². The number of halogens is 1. The van der Waals surface area contributed by atoms with Crippen LogP contribution in [-0.2, 0) is 17.8 Å². The van der Waals surface area contributed by atoms with E-state index < -0.39 is 0 Å². The number of hydrogen-bond donors (Lipinski definition) is 0.